The highest BCUT2D eigenvalue weighted by molar-refractivity contribution is 5.71. The molecule has 1 heterocycles. The molecule has 1 saturated heterocycles. The van der Waals surface area contributed by atoms with Crippen molar-refractivity contribution in [3.8, 4) is 0 Å². The molecule has 0 bridgehead atoms. The topological polar surface area (TPSA) is 41.6 Å². The Morgan fingerprint density at radius 2 is 2.17 bits per heavy atom. The Morgan fingerprint density at radius 3 is 2.83 bits per heavy atom. The van der Waals surface area contributed by atoms with Gasteiger partial charge in [-0.1, -0.05) is 6.42 Å². The van der Waals surface area contributed by atoms with E-state index in [1.165, 1.54) is 32.1 Å². The van der Waals surface area contributed by atoms with Gasteiger partial charge in [0.1, 0.15) is 0 Å². The normalized spacial score (nSPS) is 25.7. The minimum Gasteiger partial charge on any atom is -0.465 e. The van der Waals surface area contributed by atoms with Crippen LogP contribution in [0.2, 0.25) is 0 Å². The number of ether oxygens (including phenoxy) is 1. The zero-order valence-electron chi connectivity index (χ0n) is 11.5. The number of hydrogen-bond donors (Lipinski definition) is 1. The molecule has 0 amide bonds. The number of nitrogens with one attached hydrogen (secondary N) is 1. The van der Waals surface area contributed by atoms with E-state index in [0.717, 1.165) is 25.6 Å². The maximum Gasteiger partial charge on any atom is 0.320 e. The second kappa shape index (κ2) is 7.10. The lowest BCUT2D eigenvalue weighted by Gasteiger charge is -2.34. The Morgan fingerprint density at radius 1 is 1.33 bits per heavy atom. The molecule has 18 heavy (non-hydrogen) atoms. The fourth-order valence-corrected chi connectivity index (χ4v) is 2.79. The van der Waals surface area contributed by atoms with E-state index in [1.54, 1.807) is 0 Å². The fraction of sp³-hybridized carbons (Fsp3) is 0.929. The van der Waals surface area contributed by atoms with Crippen LogP contribution < -0.4 is 5.32 Å². The van der Waals surface area contributed by atoms with Gasteiger partial charge in [-0.2, -0.15) is 0 Å². The third-order valence-electron chi connectivity index (χ3n) is 4.08. The van der Waals surface area contributed by atoms with Gasteiger partial charge in [0.05, 0.1) is 13.2 Å². The number of nitrogens with zero attached hydrogens (tertiary/aromatic N) is 1. The Bertz CT molecular complexity index is 267. The van der Waals surface area contributed by atoms with Crippen LogP contribution in [0, 0.1) is 5.92 Å². The summed E-state index contributed by atoms with van der Waals surface area (Å²) in [5, 5.41) is 3.66. The molecule has 1 aliphatic heterocycles. The molecule has 0 aromatic rings. The minimum absolute atomic E-state index is 0.0860. The lowest BCUT2D eigenvalue weighted by Crippen LogP contribution is -2.48. The van der Waals surface area contributed by atoms with Gasteiger partial charge >= 0.3 is 5.97 Å². The van der Waals surface area contributed by atoms with E-state index < -0.39 is 0 Å². The van der Waals surface area contributed by atoms with Gasteiger partial charge in [-0.05, 0) is 51.6 Å². The van der Waals surface area contributed by atoms with E-state index in [1.807, 2.05) is 6.92 Å². The number of rotatable bonds is 6. The third-order valence-corrected chi connectivity index (χ3v) is 4.08. The lowest BCUT2D eigenvalue weighted by molar-refractivity contribution is -0.144. The van der Waals surface area contributed by atoms with Crippen LogP contribution in [0.1, 0.15) is 39.0 Å². The minimum atomic E-state index is -0.0860. The number of carbonyl (C=O) groups is 1. The number of piperidine rings is 1. The smallest absolute Gasteiger partial charge is 0.320 e. The summed E-state index contributed by atoms with van der Waals surface area (Å²) in [5.41, 5.74) is 0. The van der Waals surface area contributed by atoms with Crippen molar-refractivity contribution in [2.75, 3.05) is 32.8 Å². The monoisotopic (exact) mass is 254 g/mol. The molecule has 2 rings (SSSR count). The molecule has 1 N–H and O–H groups in total. The van der Waals surface area contributed by atoms with Gasteiger partial charge in [0.25, 0.3) is 0 Å². The molecule has 2 fully saturated rings. The predicted molar refractivity (Wildman–Crippen MR) is 71.4 cm³/mol. The molecule has 4 heteroatoms. The Labute approximate surface area is 110 Å². The molecule has 0 aromatic carbocycles. The molecule has 0 radical (unpaired) electrons. The second-order valence-corrected chi connectivity index (χ2v) is 5.58. The molecule has 1 atom stereocenters. The molecule has 1 saturated carbocycles. The molecule has 0 spiro atoms. The van der Waals surface area contributed by atoms with Crippen molar-refractivity contribution in [3.05, 3.63) is 0 Å². The van der Waals surface area contributed by atoms with Gasteiger partial charge in [-0.15, -0.1) is 0 Å². The highest BCUT2D eigenvalue weighted by Gasteiger charge is 2.23. The van der Waals surface area contributed by atoms with Crippen molar-refractivity contribution in [2.24, 2.45) is 5.92 Å². The summed E-state index contributed by atoms with van der Waals surface area (Å²) in [4.78, 5) is 13.7. The highest BCUT2D eigenvalue weighted by Crippen LogP contribution is 2.25. The summed E-state index contributed by atoms with van der Waals surface area (Å²) in [6.07, 6.45) is 6.62. The standard InChI is InChI=1S/C14H26N2O2/c1-2-18-14(17)11-16-8-4-7-13(10-16)15-9-12-5-3-6-12/h12-13,15H,2-11H2,1H3. The maximum absolute atomic E-state index is 11.5. The van der Waals surface area contributed by atoms with E-state index in [0.29, 0.717) is 19.2 Å². The lowest BCUT2D eigenvalue weighted by atomic mass is 9.85. The van der Waals surface area contributed by atoms with Gasteiger partial charge in [0.2, 0.25) is 0 Å². The van der Waals surface area contributed by atoms with Crippen molar-refractivity contribution >= 4 is 5.97 Å². The third kappa shape index (κ3) is 4.25. The average Bonchev–Trinajstić information content (AvgIpc) is 2.27. The van der Waals surface area contributed by atoms with Gasteiger partial charge in [0, 0.05) is 12.6 Å². The zero-order chi connectivity index (χ0) is 12.8. The molecule has 2 aliphatic rings. The first kappa shape index (κ1) is 13.8. The summed E-state index contributed by atoms with van der Waals surface area (Å²) in [6, 6.07) is 0.564. The van der Waals surface area contributed by atoms with Crippen molar-refractivity contribution in [2.45, 2.75) is 45.1 Å². The van der Waals surface area contributed by atoms with Crippen molar-refractivity contribution in [1.29, 1.82) is 0 Å². The first-order chi connectivity index (χ1) is 8.78. The summed E-state index contributed by atoms with van der Waals surface area (Å²) in [7, 11) is 0. The van der Waals surface area contributed by atoms with Crippen LogP contribution in [-0.4, -0.2) is 49.7 Å². The van der Waals surface area contributed by atoms with Crippen LogP contribution in [-0.2, 0) is 9.53 Å². The van der Waals surface area contributed by atoms with Crippen LogP contribution >= 0.6 is 0 Å². The van der Waals surface area contributed by atoms with Gasteiger partial charge in [-0.25, -0.2) is 0 Å². The van der Waals surface area contributed by atoms with Gasteiger partial charge in [-0.3, -0.25) is 9.69 Å². The van der Waals surface area contributed by atoms with Crippen LogP contribution in [0.15, 0.2) is 0 Å². The van der Waals surface area contributed by atoms with Crippen molar-refractivity contribution in [1.82, 2.24) is 10.2 Å². The average molecular weight is 254 g/mol. The molecule has 4 nitrogen and oxygen atoms in total. The first-order valence-corrected chi connectivity index (χ1v) is 7.39. The van der Waals surface area contributed by atoms with E-state index in [-0.39, 0.29) is 5.97 Å². The second-order valence-electron chi connectivity index (χ2n) is 5.58. The Kier molecular flexibility index (Phi) is 5.45. The largest absolute Gasteiger partial charge is 0.465 e. The Hall–Kier alpha value is -0.610. The summed E-state index contributed by atoms with van der Waals surface area (Å²) >= 11 is 0. The molecule has 1 aliphatic carbocycles. The number of hydrogen-bond acceptors (Lipinski definition) is 4. The van der Waals surface area contributed by atoms with Crippen LogP contribution in [0.25, 0.3) is 0 Å². The van der Waals surface area contributed by atoms with Gasteiger partial charge < -0.3 is 10.1 Å². The predicted octanol–water partition coefficient (Wildman–Crippen LogP) is 1.40. The summed E-state index contributed by atoms with van der Waals surface area (Å²) in [5.74, 6) is 0.822. The fourth-order valence-electron chi connectivity index (χ4n) is 2.79. The molecular formula is C14H26N2O2. The van der Waals surface area contributed by atoms with Crippen molar-refractivity contribution in [3.63, 3.8) is 0 Å². The molecule has 104 valence electrons. The van der Waals surface area contributed by atoms with Crippen LogP contribution in [0.3, 0.4) is 0 Å². The quantitative estimate of drug-likeness (QED) is 0.728. The van der Waals surface area contributed by atoms with Crippen LogP contribution in [0.5, 0.6) is 0 Å². The Balaban J connectivity index is 1.65. The first-order valence-electron chi connectivity index (χ1n) is 7.39. The summed E-state index contributed by atoms with van der Waals surface area (Å²) < 4.78 is 5.00. The summed E-state index contributed by atoms with van der Waals surface area (Å²) in [6.45, 7) is 5.98. The zero-order valence-corrected chi connectivity index (χ0v) is 11.5. The molecular weight excluding hydrogens is 228 g/mol. The van der Waals surface area contributed by atoms with E-state index >= 15 is 0 Å². The van der Waals surface area contributed by atoms with E-state index in [2.05, 4.69) is 10.2 Å². The van der Waals surface area contributed by atoms with Crippen molar-refractivity contribution < 1.29 is 9.53 Å². The maximum atomic E-state index is 11.5. The number of likely N-dealkylation sites (tertiary alicyclic amines) is 1. The van der Waals surface area contributed by atoms with Gasteiger partial charge in [0.15, 0.2) is 0 Å². The van der Waals surface area contributed by atoms with E-state index in [4.69, 9.17) is 4.74 Å². The SMILES string of the molecule is CCOC(=O)CN1CCCC(NCC2CCC2)C1. The van der Waals surface area contributed by atoms with Crippen LogP contribution in [0.4, 0.5) is 0 Å². The number of carbonyl (C=O) groups excluding carboxylic acids is 1. The molecule has 1 unspecified atom stereocenters. The number of esters is 1. The van der Waals surface area contributed by atoms with E-state index in [9.17, 15) is 4.79 Å². The molecule has 0 aromatic heterocycles. The highest BCUT2D eigenvalue weighted by atomic mass is 16.5.